The van der Waals surface area contributed by atoms with Gasteiger partial charge in [0.2, 0.25) is 0 Å². The molecule has 3 aliphatic heterocycles. The maximum absolute atomic E-state index is 14.4. The van der Waals surface area contributed by atoms with Crippen molar-refractivity contribution in [2.75, 3.05) is 25.5 Å². The molecule has 2 aromatic carbocycles. The topological polar surface area (TPSA) is 65.0 Å². The molecular formula is C25H23FIN3O4. The average Bonchev–Trinajstić information content (AvgIpc) is 3.49. The molecule has 34 heavy (non-hydrogen) atoms. The van der Waals surface area contributed by atoms with Gasteiger partial charge in [0.15, 0.2) is 11.5 Å². The zero-order valence-electron chi connectivity index (χ0n) is 18.5. The number of fused-ring (bicyclic) bond motifs is 5. The molecule has 1 N–H and O–H groups in total. The minimum absolute atomic E-state index is 0.102. The van der Waals surface area contributed by atoms with Crippen molar-refractivity contribution in [2.24, 2.45) is 0 Å². The molecule has 4 heterocycles. The van der Waals surface area contributed by atoms with Gasteiger partial charge >= 0.3 is 4.05 Å². The monoisotopic (exact) mass is 575 g/mol. The molecular weight excluding hydrogens is 552 g/mol. The summed E-state index contributed by atoms with van der Waals surface area (Å²) >= 11 is -1.19. The van der Waals surface area contributed by atoms with E-state index in [4.69, 9.17) is 14.2 Å². The fourth-order valence-corrected chi connectivity index (χ4v) is 5.83. The summed E-state index contributed by atoms with van der Waals surface area (Å²) in [6.07, 6.45) is 3.58. The van der Waals surface area contributed by atoms with Crippen LogP contribution in [0.25, 0.3) is 5.69 Å². The number of anilines is 1. The first kappa shape index (κ1) is 21.5. The Labute approximate surface area is 206 Å². The summed E-state index contributed by atoms with van der Waals surface area (Å²) < 4.78 is 34.0. The van der Waals surface area contributed by atoms with Gasteiger partial charge in [-0.1, -0.05) is 4.51 Å². The van der Waals surface area contributed by atoms with E-state index >= 15 is 0 Å². The summed E-state index contributed by atoms with van der Waals surface area (Å²) in [4.78, 5) is 15.1. The summed E-state index contributed by atoms with van der Waals surface area (Å²) in [5.41, 5.74) is 3.47. The van der Waals surface area contributed by atoms with Crippen LogP contribution in [0.5, 0.6) is 17.2 Å². The Kier molecular flexibility index (Phi) is 4.87. The van der Waals surface area contributed by atoms with Crippen LogP contribution in [0, 0.1) is 0 Å². The van der Waals surface area contributed by atoms with Crippen molar-refractivity contribution in [3.63, 3.8) is 0 Å². The van der Waals surface area contributed by atoms with E-state index in [1.807, 2.05) is 17.0 Å². The Hall–Kier alpha value is -3.08. The average molecular weight is 575 g/mol. The smallest absolute Gasteiger partial charge is 0.456 e. The Morgan fingerprint density at radius 3 is 2.71 bits per heavy atom. The van der Waals surface area contributed by atoms with Crippen molar-refractivity contribution < 1.29 is 23.4 Å². The number of hydrogen-bond donors (Lipinski definition) is 1. The van der Waals surface area contributed by atoms with Gasteiger partial charge in [0.05, 0.1) is 24.0 Å². The Morgan fingerprint density at radius 1 is 1.15 bits per heavy atom. The number of nitrogens with zero attached hydrogens (tertiary/aromatic N) is 2. The van der Waals surface area contributed by atoms with Crippen molar-refractivity contribution in [1.82, 2.24) is 9.47 Å². The van der Waals surface area contributed by atoms with Crippen molar-refractivity contribution in [3.8, 4) is 22.9 Å². The number of piperidine rings is 1. The number of amides is 1. The SMILES string of the molecule is C=IC1(F)Oc2ccc(C(=O)N3CCC4(CC3)Nc3cc(OC)ccc3-n3cccc34)cc2O1. The molecule has 6 rings (SSSR count). The first-order valence-electron chi connectivity index (χ1n) is 11.0. The fourth-order valence-electron chi connectivity index (χ4n) is 5.05. The van der Waals surface area contributed by atoms with Crippen LogP contribution in [0.3, 0.4) is 0 Å². The molecule has 1 spiro atoms. The van der Waals surface area contributed by atoms with Crippen LogP contribution in [0.1, 0.15) is 28.9 Å². The van der Waals surface area contributed by atoms with E-state index in [1.54, 1.807) is 25.3 Å². The normalized spacial score (nSPS) is 21.5. The molecule has 0 aliphatic carbocycles. The predicted molar refractivity (Wildman–Crippen MR) is 135 cm³/mol. The lowest BCUT2D eigenvalue weighted by molar-refractivity contribution is -0.0846. The van der Waals surface area contributed by atoms with Gasteiger partial charge in [0.25, 0.3) is 5.91 Å². The number of hydrogen-bond acceptors (Lipinski definition) is 5. The first-order valence-corrected chi connectivity index (χ1v) is 13.6. The van der Waals surface area contributed by atoms with Crippen molar-refractivity contribution in [2.45, 2.75) is 22.4 Å². The number of alkyl halides is 2. The minimum Gasteiger partial charge on any atom is -0.497 e. The lowest BCUT2D eigenvalue weighted by Crippen LogP contribution is -2.51. The van der Waals surface area contributed by atoms with Crippen LogP contribution in [-0.4, -0.2) is 44.1 Å². The molecule has 1 atom stereocenters. The molecule has 9 heteroatoms. The molecule has 1 amide bonds. The quantitative estimate of drug-likeness (QED) is 0.360. The lowest BCUT2D eigenvalue weighted by Gasteiger charge is -2.46. The van der Waals surface area contributed by atoms with Gasteiger partial charge in [-0.25, -0.2) is 0 Å². The van der Waals surface area contributed by atoms with Gasteiger partial charge in [0, 0.05) is 57.3 Å². The number of methoxy groups -OCH3 is 1. The van der Waals surface area contributed by atoms with Gasteiger partial charge in [0.1, 0.15) is 5.75 Å². The zero-order valence-corrected chi connectivity index (χ0v) is 20.7. The lowest BCUT2D eigenvalue weighted by atomic mass is 9.82. The highest BCUT2D eigenvalue weighted by Crippen LogP contribution is 2.46. The summed E-state index contributed by atoms with van der Waals surface area (Å²) in [5.74, 6) is 1.25. The molecule has 1 aromatic heterocycles. The molecule has 1 fully saturated rings. The number of nitrogens with one attached hydrogen (secondary N) is 1. The van der Waals surface area contributed by atoms with Gasteiger partial charge in [-0.15, -0.1) is 4.39 Å². The highest BCUT2D eigenvalue weighted by atomic mass is 127. The van der Waals surface area contributed by atoms with Gasteiger partial charge in [-0.3, -0.25) is 4.79 Å². The number of rotatable bonds is 3. The molecule has 7 nitrogen and oxygen atoms in total. The van der Waals surface area contributed by atoms with Crippen molar-refractivity contribution in [1.29, 1.82) is 0 Å². The van der Waals surface area contributed by atoms with Crippen LogP contribution in [0.2, 0.25) is 0 Å². The van der Waals surface area contributed by atoms with Crippen LogP contribution in [0.4, 0.5) is 10.1 Å². The summed E-state index contributed by atoms with van der Waals surface area (Å²) in [6.45, 7) is 1.17. The number of carbonyl (C=O) groups is 1. The van der Waals surface area contributed by atoms with Gasteiger partial charge < -0.3 is 29.0 Å². The van der Waals surface area contributed by atoms with Gasteiger partial charge in [-0.2, -0.15) is 0 Å². The van der Waals surface area contributed by atoms with E-state index in [-0.39, 0.29) is 17.2 Å². The van der Waals surface area contributed by atoms with E-state index in [9.17, 15) is 9.18 Å². The predicted octanol–water partition coefficient (Wildman–Crippen LogP) is 4.80. The van der Waals surface area contributed by atoms with E-state index in [2.05, 4.69) is 38.8 Å². The number of benzene rings is 2. The minimum atomic E-state index is -2.17. The molecule has 176 valence electrons. The maximum Gasteiger partial charge on any atom is 0.456 e. The molecule has 3 aliphatic rings. The third-order valence-corrected chi connectivity index (χ3v) is 8.14. The third kappa shape index (κ3) is 3.28. The largest absolute Gasteiger partial charge is 0.497 e. The number of carbonyl (C=O) groups excluding carboxylic acids is 1. The van der Waals surface area contributed by atoms with E-state index in [1.165, 1.54) is 5.69 Å². The number of likely N-dealkylation sites (tertiary alicyclic amines) is 1. The summed E-state index contributed by atoms with van der Waals surface area (Å²) in [5, 5.41) is 3.76. The van der Waals surface area contributed by atoms with Crippen LogP contribution in [-0.2, 0) is 5.54 Å². The highest BCUT2D eigenvalue weighted by Gasteiger charge is 2.43. The van der Waals surface area contributed by atoms with Crippen molar-refractivity contribution >= 4 is 36.8 Å². The Bertz CT molecular complexity index is 1320. The Balaban J connectivity index is 1.23. The number of ether oxygens (including phenoxy) is 3. The van der Waals surface area contributed by atoms with Crippen LogP contribution >= 0.6 is 20.7 Å². The molecule has 0 saturated carbocycles. The second-order valence-electron chi connectivity index (χ2n) is 8.61. The van der Waals surface area contributed by atoms with E-state index in [0.29, 0.717) is 24.4 Å². The molecule has 0 radical (unpaired) electrons. The molecule has 3 aromatic rings. The van der Waals surface area contributed by atoms with E-state index in [0.717, 1.165) is 30.0 Å². The fraction of sp³-hybridized carbons (Fsp3) is 0.280. The summed E-state index contributed by atoms with van der Waals surface area (Å²) in [7, 11) is 1.66. The van der Waals surface area contributed by atoms with E-state index < -0.39 is 24.8 Å². The zero-order chi connectivity index (χ0) is 23.5. The second-order valence-corrected chi connectivity index (χ2v) is 10.7. The van der Waals surface area contributed by atoms with Crippen LogP contribution in [0.15, 0.2) is 54.7 Å². The maximum atomic E-state index is 14.4. The number of aromatic nitrogens is 1. The van der Waals surface area contributed by atoms with Crippen molar-refractivity contribution in [3.05, 3.63) is 66.0 Å². The second kappa shape index (κ2) is 7.72. The molecule has 1 saturated heterocycles. The summed E-state index contributed by atoms with van der Waals surface area (Å²) in [6, 6.07) is 15.0. The number of halogens is 2. The Morgan fingerprint density at radius 2 is 1.94 bits per heavy atom. The van der Waals surface area contributed by atoms with Gasteiger partial charge in [-0.05, 0) is 55.3 Å². The molecule has 0 bridgehead atoms. The standard InChI is InChI=1S/C25H23FIN3O4/c1-27-25(26)33-20-8-5-16(14-21(20)34-25)23(31)29-12-9-24(10-13-29)22-4-3-11-30(22)19-7-6-17(32-2)15-18(19)28-24/h3-8,11,14-15,28H,1,9-10,12-13H2,2H3. The molecule has 1 unspecified atom stereocenters. The highest BCUT2D eigenvalue weighted by molar-refractivity contribution is 14.2. The first-order chi connectivity index (χ1) is 16.4. The van der Waals surface area contributed by atoms with Crippen LogP contribution < -0.4 is 19.5 Å². The third-order valence-electron chi connectivity index (χ3n) is 6.79.